The van der Waals surface area contributed by atoms with Gasteiger partial charge in [0.05, 0.1) is 6.61 Å². The van der Waals surface area contributed by atoms with Gasteiger partial charge in [-0.25, -0.2) is 9.59 Å². The second-order valence-corrected chi connectivity index (χ2v) is 3.07. The molecule has 4 nitrogen and oxygen atoms in total. The van der Waals surface area contributed by atoms with Crippen LogP contribution in [0.3, 0.4) is 0 Å². The number of hydrogen-bond donors (Lipinski definition) is 0. The van der Waals surface area contributed by atoms with E-state index in [2.05, 4.69) is 4.74 Å². The number of ether oxygens (including phenoxy) is 2. The number of hydrogen-bond acceptors (Lipinski definition) is 4. The minimum absolute atomic E-state index is 0.127. The molecule has 1 atom stereocenters. The van der Waals surface area contributed by atoms with Crippen LogP contribution in [-0.4, -0.2) is 24.6 Å². The molecule has 1 aliphatic rings. The van der Waals surface area contributed by atoms with Gasteiger partial charge < -0.3 is 9.47 Å². The highest BCUT2D eigenvalue weighted by atomic mass is 16.6. The smallest absolute Gasteiger partial charge is 0.417 e. The SMILES string of the molecule is CCC1CCCCOC(=O)C(=O)O1. The summed E-state index contributed by atoms with van der Waals surface area (Å²) in [6.45, 7) is 2.26. The van der Waals surface area contributed by atoms with Crippen LogP contribution in [0.2, 0.25) is 0 Å². The van der Waals surface area contributed by atoms with Crippen LogP contribution >= 0.6 is 0 Å². The zero-order valence-electron chi connectivity index (χ0n) is 7.75. The summed E-state index contributed by atoms with van der Waals surface area (Å²) in [7, 11) is 0. The maximum atomic E-state index is 11.0. The van der Waals surface area contributed by atoms with Gasteiger partial charge in [-0.15, -0.1) is 0 Å². The first kappa shape index (κ1) is 10.0. The van der Waals surface area contributed by atoms with Crippen LogP contribution in [0, 0.1) is 0 Å². The Morgan fingerprint density at radius 1 is 1.31 bits per heavy atom. The van der Waals surface area contributed by atoms with Crippen molar-refractivity contribution in [2.75, 3.05) is 6.61 Å². The molecule has 0 spiro atoms. The molecule has 1 saturated heterocycles. The summed E-state index contributed by atoms with van der Waals surface area (Å²) >= 11 is 0. The summed E-state index contributed by atoms with van der Waals surface area (Å²) in [5.41, 5.74) is 0. The Labute approximate surface area is 77.2 Å². The van der Waals surface area contributed by atoms with E-state index in [0.717, 1.165) is 25.7 Å². The van der Waals surface area contributed by atoms with Crippen molar-refractivity contribution in [1.29, 1.82) is 0 Å². The van der Waals surface area contributed by atoms with Crippen molar-refractivity contribution < 1.29 is 19.1 Å². The predicted molar refractivity (Wildman–Crippen MR) is 45.0 cm³/mol. The van der Waals surface area contributed by atoms with Crippen molar-refractivity contribution in [1.82, 2.24) is 0 Å². The van der Waals surface area contributed by atoms with Crippen molar-refractivity contribution in [3.63, 3.8) is 0 Å². The van der Waals surface area contributed by atoms with Gasteiger partial charge in [-0.2, -0.15) is 0 Å². The van der Waals surface area contributed by atoms with Gasteiger partial charge in [0.2, 0.25) is 0 Å². The number of carbonyl (C=O) groups excluding carboxylic acids is 2. The van der Waals surface area contributed by atoms with E-state index in [0.29, 0.717) is 6.61 Å². The molecule has 1 aliphatic heterocycles. The molecule has 0 aromatic rings. The van der Waals surface area contributed by atoms with Crippen LogP contribution in [-0.2, 0) is 19.1 Å². The molecule has 4 heteroatoms. The van der Waals surface area contributed by atoms with Crippen LogP contribution in [0.4, 0.5) is 0 Å². The van der Waals surface area contributed by atoms with Crippen LogP contribution in [0.5, 0.6) is 0 Å². The maximum absolute atomic E-state index is 11.0. The predicted octanol–water partition coefficient (Wildman–Crippen LogP) is 1.04. The molecule has 1 rings (SSSR count). The first-order valence-electron chi connectivity index (χ1n) is 4.61. The Bertz CT molecular complexity index is 200. The van der Waals surface area contributed by atoms with Crippen molar-refractivity contribution in [2.45, 2.75) is 38.7 Å². The molecule has 1 unspecified atom stereocenters. The number of rotatable bonds is 1. The summed E-state index contributed by atoms with van der Waals surface area (Å²) in [5.74, 6) is -1.71. The maximum Gasteiger partial charge on any atom is 0.417 e. The first-order valence-corrected chi connectivity index (χ1v) is 4.61. The van der Waals surface area contributed by atoms with Crippen molar-refractivity contribution in [3.05, 3.63) is 0 Å². The van der Waals surface area contributed by atoms with E-state index in [9.17, 15) is 9.59 Å². The highest BCUT2D eigenvalue weighted by Gasteiger charge is 2.22. The van der Waals surface area contributed by atoms with Crippen molar-refractivity contribution in [3.8, 4) is 0 Å². The van der Waals surface area contributed by atoms with E-state index in [1.807, 2.05) is 6.92 Å². The lowest BCUT2D eigenvalue weighted by Gasteiger charge is -2.12. The van der Waals surface area contributed by atoms with E-state index >= 15 is 0 Å². The van der Waals surface area contributed by atoms with Gasteiger partial charge in [0, 0.05) is 0 Å². The lowest BCUT2D eigenvalue weighted by molar-refractivity contribution is -0.170. The van der Waals surface area contributed by atoms with Crippen molar-refractivity contribution >= 4 is 11.9 Å². The lowest BCUT2D eigenvalue weighted by atomic mass is 10.1. The molecule has 1 heterocycles. The fourth-order valence-electron chi connectivity index (χ4n) is 1.24. The summed E-state index contributed by atoms with van der Waals surface area (Å²) < 4.78 is 9.57. The zero-order chi connectivity index (χ0) is 9.68. The van der Waals surface area contributed by atoms with E-state index in [-0.39, 0.29) is 6.10 Å². The Morgan fingerprint density at radius 3 is 2.77 bits per heavy atom. The molecule has 0 amide bonds. The quantitative estimate of drug-likeness (QED) is 0.453. The van der Waals surface area contributed by atoms with Crippen LogP contribution in [0.15, 0.2) is 0 Å². The number of carbonyl (C=O) groups is 2. The molecule has 0 saturated carbocycles. The van der Waals surface area contributed by atoms with Crippen LogP contribution < -0.4 is 0 Å². The fraction of sp³-hybridized carbons (Fsp3) is 0.778. The van der Waals surface area contributed by atoms with Gasteiger partial charge in [0.25, 0.3) is 0 Å². The summed E-state index contributed by atoms with van der Waals surface area (Å²) in [6.07, 6.45) is 3.17. The average Bonchev–Trinajstić information content (AvgIpc) is 2.20. The minimum atomic E-state index is -0.861. The number of cyclic esters (lactones) is 2. The van der Waals surface area contributed by atoms with Crippen LogP contribution in [0.25, 0.3) is 0 Å². The third-order valence-electron chi connectivity index (χ3n) is 2.05. The van der Waals surface area contributed by atoms with Gasteiger partial charge in [-0.05, 0) is 25.7 Å². The molecular weight excluding hydrogens is 172 g/mol. The van der Waals surface area contributed by atoms with Crippen LogP contribution in [0.1, 0.15) is 32.6 Å². The molecule has 0 N–H and O–H groups in total. The van der Waals surface area contributed by atoms with Gasteiger partial charge in [-0.1, -0.05) is 6.92 Å². The summed E-state index contributed by atoms with van der Waals surface area (Å²) in [5, 5.41) is 0. The lowest BCUT2D eigenvalue weighted by Crippen LogP contribution is -2.24. The molecule has 1 fully saturated rings. The molecule has 74 valence electrons. The molecule has 0 bridgehead atoms. The minimum Gasteiger partial charge on any atom is -0.457 e. The second kappa shape index (κ2) is 4.84. The number of esters is 2. The van der Waals surface area contributed by atoms with E-state index in [4.69, 9.17) is 4.74 Å². The fourth-order valence-corrected chi connectivity index (χ4v) is 1.24. The van der Waals surface area contributed by atoms with E-state index in [1.165, 1.54) is 0 Å². The van der Waals surface area contributed by atoms with Gasteiger partial charge >= 0.3 is 11.9 Å². The normalized spacial score (nSPS) is 25.2. The van der Waals surface area contributed by atoms with E-state index in [1.54, 1.807) is 0 Å². The Kier molecular flexibility index (Phi) is 3.73. The molecule has 0 aliphatic carbocycles. The summed E-state index contributed by atoms with van der Waals surface area (Å²) in [4.78, 5) is 21.9. The molecule has 13 heavy (non-hydrogen) atoms. The molecule has 0 radical (unpaired) electrons. The van der Waals surface area contributed by atoms with Gasteiger partial charge in [0.15, 0.2) is 0 Å². The first-order chi connectivity index (χ1) is 6.24. The third-order valence-corrected chi connectivity index (χ3v) is 2.05. The standard InChI is InChI=1S/C9H14O4/c1-2-7-5-3-4-6-12-8(10)9(11)13-7/h7H,2-6H2,1H3. The highest BCUT2D eigenvalue weighted by Crippen LogP contribution is 2.11. The molecular formula is C9H14O4. The van der Waals surface area contributed by atoms with Crippen molar-refractivity contribution in [2.24, 2.45) is 0 Å². The van der Waals surface area contributed by atoms with Gasteiger partial charge in [-0.3, -0.25) is 0 Å². The third kappa shape index (κ3) is 3.05. The van der Waals surface area contributed by atoms with E-state index < -0.39 is 11.9 Å². The molecule has 0 aromatic heterocycles. The zero-order valence-corrected chi connectivity index (χ0v) is 7.75. The topological polar surface area (TPSA) is 52.6 Å². The van der Waals surface area contributed by atoms with Gasteiger partial charge in [0.1, 0.15) is 6.10 Å². The second-order valence-electron chi connectivity index (χ2n) is 3.07. The largest absolute Gasteiger partial charge is 0.457 e. The summed E-state index contributed by atoms with van der Waals surface area (Å²) in [6, 6.07) is 0. The Balaban J connectivity index is 2.54. The monoisotopic (exact) mass is 186 g/mol. The Hall–Kier alpha value is -1.06. The highest BCUT2D eigenvalue weighted by molar-refractivity contribution is 6.29. The Morgan fingerprint density at radius 2 is 2.08 bits per heavy atom. The average molecular weight is 186 g/mol. The molecule has 0 aromatic carbocycles.